The van der Waals surface area contributed by atoms with Crippen molar-refractivity contribution in [1.29, 1.82) is 5.41 Å². The molecule has 1 saturated heterocycles. The van der Waals surface area contributed by atoms with Gasteiger partial charge < -0.3 is 15.5 Å². The molecule has 1 heterocycles. The maximum atomic E-state index is 7.58. The summed E-state index contributed by atoms with van der Waals surface area (Å²) in [5.74, 6) is 0. The Morgan fingerprint density at radius 2 is 2.50 bits per heavy atom. The van der Waals surface area contributed by atoms with Gasteiger partial charge in [0.2, 0.25) is 0 Å². The van der Waals surface area contributed by atoms with Crippen molar-refractivity contribution in [2.24, 2.45) is 0 Å². The molecule has 0 spiro atoms. The molecule has 3 nitrogen and oxygen atoms in total. The molecule has 0 aromatic heterocycles. The van der Waals surface area contributed by atoms with Gasteiger partial charge in [0.1, 0.15) is 0 Å². The quantitative estimate of drug-likeness (QED) is 0.612. The van der Waals surface area contributed by atoms with Gasteiger partial charge in [0, 0.05) is 6.04 Å². The second-order valence-electron chi connectivity index (χ2n) is 2.86. The average molecular weight is 166 g/mol. The summed E-state index contributed by atoms with van der Waals surface area (Å²) in [7, 11) is 0. The van der Waals surface area contributed by atoms with E-state index in [9.17, 15) is 0 Å². The van der Waals surface area contributed by atoms with Crippen molar-refractivity contribution < 1.29 is 4.74 Å². The Bertz CT molecular complexity index is 221. The van der Waals surface area contributed by atoms with Crippen molar-refractivity contribution in [3.05, 3.63) is 24.4 Å². The third kappa shape index (κ3) is 2.20. The van der Waals surface area contributed by atoms with Gasteiger partial charge in [0.05, 0.1) is 24.6 Å². The van der Waals surface area contributed by atoms with E-state index in [0.717, 1.165) is 5.70 Å². The van der Waals surface area contributed by atoms with Crippen LogP contribution in [0.5, 0.6) is 0 Å². The predicted octanol–water partition coefficient (Wildman–Crippen LogP) is 1.08. The second-order valence-corrected chi connectivity index (χ2v) is 2.86. The van der Waals surface area contributed by atoms with Crippen molar-refractivity contribution in [3.8, 4) is 0 Å². The fourth-order valence-electron chi connectivity index (χ4n) is 1.08. The van der Waals surface area contributed by atoms with Gasteiger partial charge in [0.25, 0.3) is 0 Å². The van der Waals surface area contributed by atoms with E-state index in [-0.39, 0.29) is 6.04 Å². The van der Waals surface area contributed by atoms with Crippen LogP contribution < -0.4 is 5.32 Å². The largest absolute Gasteiger partial charge is 0.379 e. The third-order valence-corrected chi connectivity index (χ3v) is 1.63. The summed E-state index contributed by atoms with van der Waals surface area (Å²) in [6.07, 6.45) is 3.47. The van der Waals surface area contributed by atoms with Gasteiger partial charge in [-0.1, -0.05) is 12.7 Å². The number of nitrogens with one attached hydrogen (secondary N) is 2. The minimum Gasteiger partial charge on any atom is -0.379 e. The molecular formula is C9H14N2O. The molecule has 1 fully saturated rings. The van der Waals surface area contributed by atoms with E-state index in [1.54, 1.807) is 12.2 Å². The molecule has 12 heavy (non-hydrogen) atoms. The first-order valence-corrected chi connectivity index (χ1v) is 3.99. The van der Waals surface area contributed by atoms with Crippen molar-refractivity contribution >= 4 is 5.71 Å². The zero-order valence-corrected chi connectivity index (χ0v) is 7.26. The highest BCUT2D eigenvalue weighted by atomic mass is 16.5. The minimum absolute atomic E-state index is 0.263. The molecule has 2 N–H and O–H groups in total. The summed E-state index contributed by atoms with van der Waals surface area (Å²) in [5, 5.41) is 10.7. The summed E-state index contributed by atoms with van der Waals surface area (Å²) >= 11 is 0. The van der Waals surface area contributed by atoms with Crippen LogP contribution in [0.3, 0.4) is 0 Å². The van der Waals surface area contributed by atoms with Crippen molar-refractivity contribution in [3.63, 3.8) is 0 Å². The zero-order valence-electron chi connectivity index (χ0n) is 7.26. The summed E-state index contributed by atoms with van der Waals surface area (Å²) < 4.78 is 5.23. The van der Waals surface area contributed by atoms with Crippen molar-refractivity contribution in [2.75, 3.05) is 13.2 Å². The van der Waals surface area contributed by atoms with Crippen LogP contribution in [0.1, 0.15) is 6.92 Å². The van der Waals surface area contributed by atoms with Crippen LogP contribution in [-0.4, -0.2) is 25.0 Å². The van der Waals surface area contributed by atoms with E-state index in [1.807, 2.05) is 6.92 Å². The zero-order chi connectivity index (χ0) is 8.97. The fourth-order valence-corrected chi connectivity index (χ4v) is 1.08. The molecule has 1 atom stereocenters. The highest BCUT2D eigenvalue weighted by molar-refractivity contribution is 5.98. The Hall–Kier alpha value is -1.09. The molecule has 0 radical (unpaired) electrons. The van der Waals surface area contributed by atoms with E-state index < -0.39 is 0 Å². The van der Waals surface area contributed by atoms with E-state index in [2.05, 4.69) is 11.9 Å². The van der Waals surface area contributed by atoms with Crippen LogP contribution in [0.25, 0.3) is 0 Å². The van der Waals surface area contributed by atoms with Gasteiger partial charge in [-0.2, -0.15) is 0 Å². The molecule has 1 aliphatic rings. The third-order valence-electron chi connectivity index (χ3n) is 1.63. The first-order chi connectivity index (χ1) is 5.74. The molecule has 0 aromatic rings. The van der Waals surface area contributed by atoms with Gasteiger partial charge in [0.15, 0.2) is 0 Å². The Labute approximate surface area is 72.6 Å². The number of rotatable bonds is 1. The topological polar surface area (TPSA) is 45.1 Å². The molecule has 1 rings (SSSR count). The van der Waals surface area contributed by atoms with Gasteiger partial charge in [-0.05, 0) is 13.0 Å². The predicted molar refractivity (Wildman–Crippen MR) is 49.4 cm³/mol. The summed E-state index contributed by atoms with van der Waals surface area (Å²) in [6.45, 7) is 6.65. The Kier molecular flexibility index (Phi) is 3.05. The molecule has 1 unspecified atom stereocenters. The molecular weight excluding hydrogens is 152 g/mol. The van der Waals surface area contributed by atoms with E-state index in [0.29, 0.717) is 18.9 Å². The van der Waals surface area contributed by atoms with Gasteiger partial charge in [-0.15, -0.1) is 0 Å². The summed E-state index contributed by atoms with van der Waals surface area (Å²) in [5.41, 5.74) is 1.30. The molecule has 0 aliphatic carbocycles. The van der Waals surface area contributed by atoms with Crippen LogP contribution in [-0.2, 0) is 4.74 Å². The maximum absolute atomic E-state index is 7.58. The SMILES string of the molecule is C=C/C=C1/NC(C)COCC1=N. The fraction of sp³-hybridized carbons (Fsp3) is 0.444. The highest BCUT2D eigenvalue weighted by Gasteiger charge is 2.13. The molecule has 0 bridgehead atoms. The van der Waals surface area contributed by atoms with Crippen LogP contribution in [0.2, 0.25) is 0 Å². The second kappa shape index (κ2) is 4.07. The lowest BCUT2D eigenvalue weighted by atomic mass is 10.2. The number of allylic oxidation sites excluding steroid dienone is 2. The normalized spacial score (nSPS) is 27.9. The van der Waals surface area contributed by atoms with E-state index in [1.165, 1.54) is 0 Å². The van der Waals surface area contributed by atoms with Crippen LogP contribution in [0, 0.1) is 5.41 Å². The lowest BCUT2D eigenvalue weighted by Crippen LogP contribution is -2.28. The Morgan fingerprint density at radius 3 is 3.17 bits per heavy atom. The molecule has 0 amide bonds. The molecule has 3 heteroatoms. The summed E-state index contributed by atoms with van der Waals surface area (Å²) in [4.78, 5) is 0. The molecule has 1 aliphatic heterocycles. The molecule has 0 aromatic carbocycles. The lowest BCUT2D eigenvalue weighted by molar-refractivity contribution is 0.160. The average Bonchev–Trinajstić information content (AvgIpc) is 2.16. The van der Waals surface area contributed by atoms with Gasteiger partial charge in [-0.25, -0.2) is 0 Å². The van der Waals surface area contributed by atoms with Gasteiger partial charge >= 0.3 is 0 Å². The number of hydrogen-bond acceptors (Lipinski definition) is 3. The van der Waals surface area contributed by atoms with Crippen molar-refractivity contribution in [1.82, 2.24) is 5.32 Å². The van der Waals surface area contributed by atoms with Gasteiger partial charge in [-0.3, -0.25) is 0 Å². The smallest absolute Gasteiger partial charge is 0.0902 e. The van der Waals surface area contributed by atoms with E-state index in [4.69, 9.17) is 10.1 Å². The summed E-state index contributed by atoms with van der Waals surface area (Å²) in [6, 6.07) is 0.263. The van der Waals surface area contributed by atoms with Crippen molar-refractivity contribution in [2.45, 2.75) is 13.0 Å². The van der Waals surface area contributed by atoms with Crippen LogP contribution >= 0.6 is 0 Å². The highest BCUT2D eigenvalue weighted by Crippen LogP contribution is 2.02. The monoisotopic (exact) mass is 166 g/mol. The minimum atomic E-state index is 0.263. The number of hydrogen-bond donors (Lipinski definition) is 2. The van der Waals surface area contributed by atoms with E-state index >= 15 is 0 Å². The maximum Gasteiger partial charge on any atom is 0.0902 e. The molecule has 0 saturated carbocycles. The Morgan fingerprint density at radius 1 is 1.75 bits per heavy atom. The first-order valence-electron chi connectivity index (χ1n) is 3.99. The standard InChI is InChI=1S/C9H14N2O/c1-3-4-9-8(10)6-12-5-7(2)11-9/h3-4,7,10-11H,1,5-6H2,2H3/b9-4+,10-8?. The van der Waals surface area contributed by atoms with Crippen LogP contribution in [0.15, 0.2) is 24.4 Å². The van der Waals surface area contributed by atoms with Crippen LogP contribution in [0.4, 0.5) is 0 Å². The Balaban J connectivity index is 2.73. The first kappa shape index (κ1) is 9.00. The lowest BCUT2D eigenvalue weighted by Gasteiger charge is -2.11. The molecule has 66 valence electrons. The number of ether oxygens (including phenoxy) is 1.